The monoisotopic (exact) mass is 293 g/mol. The highest BCUT2D eigenvalue weighted by atomic mass is 16.5. The first-order valence-electron chi connectivity index (χ1n) is 7.41. The van der Waals surface area contributed by atoms with Crippen molar-refractivity contribution >= 4 is 5.91 Å². The number of benzene rings is 1. The van der Waals surface area contributed by atoms with Crippen molar-refractivity contribution in [3.05, 3.63) is 35.4 Å². The molecule has 2 N–H and O–H groups in total. The number of ether oxygens (including phenoxy) is 1. The fourth-order valence-electron chi connectivity index (χ4n) is 2.76. The second kappa shape index (κ2) is 7.02. The van der Waals surface area contributed by atoms with Gasteiger partial charge in [0.2, 0.25) is 0 Å². The predicted molar refractivity (Wildman–Crippen MR) is 78.8 cm³/mol. The van der Waals surface area contributed by atoms with Crippen LogP contribution in [0, 0.1) is 0 Å². The van der Waals surface area contributed by atoms with Crippen molar-refractivity contribution in [2.45, 2.75) is 45.1 Å². The molecule has 1 aliphatic rings. The molecule has 2 rings (SSSR count). The number of morpholine rings is 1. The number of aliphatic hydroxyl groups excluding tert-OH is 1. The fraction of sp³-hybridized carbons (Fsp3) is 0.562. The average molecular weight is 293 g/mol. The van der Waals surface area contributed by atoms with Crippen molar-refractivity contribution in [1.29, 1.82) is 0 Å². The van der Waals surface area contributed by atoms with Crippen molar-refractivity contribution in [1.82, 2.24) is 4.90 Å². The quantitative estimate of drug-likeness (QED) is 0.829. The zero-order valence-electron chi connectivity index (χ0n) is 12.5. The van der Waals surface area contributed by atoms with E-state index in [4.69, 9.17) is 14.9 Å². The second-order valence-electron chi connectivity index (χ2n) is 5.54. The molecule has 0 aliphatic carbocycles. The number of nitrogens with zero attached hydrogens (tertiary/aromatic N) is 1. The zero-order chi connectivity index (χ0) is 15.4. The van der Waals surface area contributed by atoms with Gasteiger partial charge in [0.1, 0.15) is 0 Å². The van der Waals surface area contributed by atoms with Gasteiger partial charge < -0.3 is 19.8 Å². The van der Waals surface area contributed by atoms with E-state index in [0.717, 1.165) is 12.8 Å². The molecule has 1 aromatic carbocycles. The van der Waals surface area contributed by atoms with Crippen molar-refractivity contribution < 1.29 is 19.7 Å². The third-order valence-corrected chi connectivity index (χ3v) is 3.85. The summed E-state index contributed by atoms with van der Waals surface area (Å²) in [5.74, 6) is -0.0248. The van der Waals surface area contributed by atoms with Gasteiger partial charge >= 0.3 is 0 Å². The van der Waals surface area contributed by atoms with E-state index in [1.807, 2.05) is 11.8 Å². The summed E-state index contributed by atoms with van der Waals surface area (Å²) in [5.41, 5.74) is 0.945. The van der Waals surface area contributed by atoms with Crippen molar-refractivity contribution in [3.63, 3.8) is 0 Å². The third kappa shape index (κ3) is 3.61. The van der Waals surface area contributed by atoms with E-state index in [-0.39, 0.29) is 18.0 Å². The van der Waals surface area contributed by atoms with Gasteiger partial charge in [0.05, 0.1) is 25.3 Å². The molecule has 5 heteroatoms. The standard InChI is InChI=1S/C16H23NO4/c1-3-4-14-10-21-9-11(2)17(14)15(18)12-5-7-13(8-6-12)16(19)20/h5-8,11,14,16,19-20H,3-4,9-10H2,1-2H3. The first kappa shape index (κ1) is 15.9. The van der Waals surface area contributed by atoms with Gasteiger partial charge in [-0.3, -0.25) is 4.79 Å². The molecular weight excluding hydrogens is 270 g/mol. The lowest BCUT2D eigenvalue weighted by molar-refractivity contribution is -0.0425. The summed E-state index contributed by atoms with van der Waals surface area (Å²) in [7, 11) is 0. The van der Waals surface area contributed by atoms with Crippen LogP contribution in [-0.4, -0.2) is 46.3 Å². The van der Waals surface area contributed by atoms with E-state index in [1.165, 1.54) is 0 Å². The summed E-state index contributed by atoms with van der Waals surface area (Å²) in [6.45, 7) is 5.22. The number of aliphatic hydroxyl groups is 2. The minimum atomic E-state index is -1.51. The van der Waals surface area contributed by atoms with Crippen LogP contribution in [0.15, 0.2) is 24.3 Å². The summed E-state index contributed by atoms with van der Waals surface area (Å²) in [6.07, 6.45) is 0.410. The fourth-order valence-corrected chi connectivity index (χ4v) is 2.76. The van der Waals surface area contributed by atoms with E-state index >= 15 is 0 Å². The summed E-state index contributed by atoms with van der Waals surface area (Å²) >= 11 is 0. The van der Waals surface area contributed by atoms with E-state index < -0.39 is 6.29 Å². The number of amides is 1. The second-order valence-corrected chi connectivity index (χ2v) is 5.54. The van der Waals surface area contributed by atoms with Gasteiger partial charge in [0, 0.05) is 11.1 Å². The van der Waals surface area contributed by atoms with Gasteiger partial charge in [-0.1, -0.05) is 25.5 Å². The summed E-state index contributed by atoms with van der Waals surface area (Å²) in [5, 5.41) is 18.2. The lowest BCUT2D eigenvalue weighted by Gasteiger charge is -2.40. The largest absolute Gasteiger partial charge is 0.377 e. The van der Waals surface area contributed by atoms with Gasteiger partial charge in [0.25, 0.3) is 5.91 Å². The molecule has 5 nitrogen and oxygen atoms in total. The highest BCUT2D eigenvalue weighted by molar-refractivity contribution is 5.94. The molecule has 21 heavy (non-hydrogen) atoms. The van der Waals surface area contributed by atoms with Crippen LogP contribution in [-0.2, 0) is 4.74 Å². The highest BCUT2D eigenvalue weighted by Crippen LogP contribution is 2.21. The van der Waals surface area contributed by atoms with Gasteiger partial charge in [0.15, 0.2) is 6.29 Å². The van der Waals surface area contributed by atoms with Crippen molar-refractivity contribution in [2.75, 3.05) is 13.2 Å². The smallest absolute Gasteiger partial charge is 0.254 e. The molecule has 1 heterocycles. The molecule has 1 saturated heterocycles. The minimum Gasteiger partial charge on any atom is -0.377 e. The van der Waals surface area contributed by atoms with Crippen molar-refractivity contribution in [3.8, 4) is 0 Å². The Morgan fingerprint density at radius 3 is 2.57 bits per heavy atom. The van der Waals surface area contributed by atoms with Crippen LogP contribution >= 0.6 is 0 Å². The van der Waals surface area contributed by atoms with Gasteiger partial charge in [-0.15, -0.1) is 0 Å². The molecule has 0 bridgehead atoms. The molecule has 0 spiro atoms. The topological polar surface area (TPSA) is 70.0 Å². The molecule has 1 amide bonds. The first-order valence-corrected chi connectivity index (χ1v) is 7.41. The van der Waals surface area contributed by atoms with Crippen LogP contribution in [0.1, 0.15) is 48.9 Å². The lowest BCUT2D eigenvalue weighted by Crippen LogP contribution is -2.53. The van der Waals surface area contributed by atoms with Gasteiger partial charge in [-0.25, -0.2) is 0 Å². The lowest BCUT2D eigenvalue weighted by atomic mass is 10.0. The van der Waals surface area contributed by atoms with E-state index in [1.54, 1.807) is 24.3 Å². The Morgan fingerprint density at radius 2 is 2.00 bits per heavy atom. The Labute approximate surface area is 125 Å². The maximum absolute atomic E-state index is 12.7. The summed E-state index contributed by atoms with van der Waals surface area (Å²) in [4.78, 5) is 14.6. The highest BCUT2D eigenvalue weighted by Gasteiger charge is 2.32. The molecule has 2 unspecified atom stereocenters. The number of hydrogen-bond acceptors (Lipinski definition) is 4. The Bertz CT molecular complexity index is 470. The van der Waals surface area contributed by atoms with E-state index in [2.05, 4.69) is 6.92 Å². The Kier molecular flexibility index (Phi) is 5.33. The Hall–Kier alpha value is -1.43. The predicted octanol–water partition coefficient (Wildman–Crippen LogP) is 1.70. The molecule has 116 valence electrons. The van der Waals surface area contributed by atoms with E-state index in [9.17, 15) is 4.79 Å². The molecular formula is C16H23NO4. The van der Waals surface area contributed by atoms with E-state index in [0.29, 0.717) is 24.3 Å². The molecule has 0 aromatic heterocycles. The molecule has 1 aromatic rings. The number of rotatable bonds is 4. The van der Waals surface area contributed by atoms with Crippen LogP contribution in [0.25, 0.3) is 0 Å². The average Bonchev–Trinajstić information content (AvgIpc) is 2.47. The molecule has 2 atom stereocenters. The van der Waals surface area contributed by atoms with Crippen LogP contribution < -0.4 is 0 Å². The van der Waals surface area contributed by atoms with Gasteiger partial charge in [-0.05, 0) is 25.5 Å². The van der Waals surface area contributed by atoms with Gasteiger partial charge in [-0.2, -0.15) is 0 Å². The van der Waals surface area contributed by atoms with Crippen LogP contribution in [0.2, 0.25) is 0 Å². The summed E-state index contributed by atoms with van der Waals surface area (Å²) < 4.78 is 5.55. The van der Waals surface area contributed by atoms with Crippen LogP contribution in [0.5, 0.6) is 0 Å². The number of carbonyl (C=O) groups is 1. The molecule has 0 radical (unpaired) electrons. The molecule has 1 fully saturated rings. The maximum atomic E-state index is 12.7. The van der Waals surface area contributed by atoms with Crippen molar-refractivity contribution in [2.24, 2.45) is 0 Å². The summed E-state index contributed by atoms with van der Waals surface area (Å²) in [6, 6.07) is 6.57. The number of hydrogen-bond donors (Lipinski definition) is 2. The Balaban J connectivity index is 2.19. The van der Waals surface area contributed by atoms with Crippen LogP contribution in [0.3, 0.4) is 0 Å². The number of carbonyl (C=O) groups excluding carboxylic acids is 1. The minimum absolute atomic E-state index is 0.0248. The SMILES string of the molecule is CCCC1COCC(C)N1C(=O)c1ccc(C(O)O)cc1. The maximum Gasteiger partial charge on any atom is 0.254 e. The third-order valence-electron chi connectivity index (χ3n) is 3.85. The molecule has 1 aliphatic heterocycles. The van der Waals surface area contributed by atoms with Crippen LogP contribution in [0.4, 0.5) is 0 Å². The first-order chi connectivity index (χ1) is 10.0. The zero-order valence-corrected chi connectivity index (χ0v) is 12.5. The Morgan fingerprint density at radius 1 is 1.33 bits per heavy atom. The normalized spacial score (nSPS) is 22.6. The molecule has 0 saturated carbocycles.